The van der Waals surface area contributed by atoms with Crippen molar-refractivity contribution < 1.29 is 9.18 Å². The molecule has 0 spiro atoms. The van der Waals surface area contributed by atoms with Crippen LogP contribution in [0.15, 0.2) is 18.2 Å². The summed E-state index contributed by atoms with van der Waals surface area (Å²) < 4.78 is 13.9. The number of nitrogens with one attached hydrogen (secondary N) is 1. The number of carbonyl (C=O) groups is 1. The van der Waals surface area contributed by atoms with Crippen LogP contribution in [0.3, 0.4) is 0 Å². The van der Waals surface area contributed by atoms with E-state index < -0.39 is 0 Å². The zero-order chi connectivity index (χ0) is 14.6. The Kier molecular flexibility index (Phi) is 2.88. The molecule has 4 aliphatic rings. The van der Waals surface area contributed by atoms with Gasteiger partial charge in [0, 0.05) is 0 Å². The minimum Gasteiger partial charge on any atom is -0.323 e. The summed E-state index contributed by atoms with van der Waals surface area (Å²) in [5.74, 6) is 1.91. The van der Waals surface area contributed by atoms with Gasteiger partial charge in [-0.3, -0.25) is 4.79 Å². The predicted molar refractivity (Wildman–Crippen MR) is 80.4 cm³/mol. The molecule has 1 amide bonds. The third kappa shape index (κ3) is 2.18. The van der Waals surface area contributed by atoms with Crippen molar-refractivity contribution in [3.05, 3.63) is 29.6 Å². The number of carbonyl (C=O) groups excluding carboxylic acids is 1. The maximum absolute atomic E-state index is 13.9. The monoisotopic (exact) mass is 287 g/mol. The van der Waals surface area contributed by atoms with Crippen molar-refractivity contribution in [2.75, 3.05) is 5.32 Å². The van der Waals surface area contributed by atoms with E-state index in [4.69, 9.17) is 0 Å². The molecule has 5 rings (SSSR count). The van der Waals surface area contributed by atoms with Crippen LogP contribution in [0.5, 0.6) is 0 Å². The predicted octanol–water partition coefficient (Wildman–Crippen LogP) is 4.29. The molecule has 0 atom stereocenters. The number of rotatable bonds is 2. The van der Waals surface area contributed by atoms with Gasteiger partial charge in [-0.15, -0.1) is 0 Å². The van der Waals surface area contributed by atoms with Crippen LogP contribution in [0.25, 0.3) is 0 Å². The molecule has 4 aliphatic carbocycles. The zero-order valence-electron chi connectivity index (χ0n) is 12.5. The molecule has 112 valence electrons. The van der Waals surface area contributed by atoms with E-state index in [-0.39, 0.29) is 17.1 Å². The van der Waals surface area contributed by atoms with Gasteiger partial charge >= 0.3 is 0 Å². The molecule has 0 saturated heterocycles. The first-order valence-electron chi connectivity index (χ1n) is 8.12. The normalized spacial score (nSPS) is 36.8. The molecule has 0 heterocycles. The average Bonchev–Trinajstić information content (AvgIpc) is 2.41. The van der Waals surface area contributed by atoms with E-state index in [0.717, 1.165) is 42.6 Å². The van der Waals surface area contributed by atoms with Crippen molar-refractivity contribution in [1.29, 1.82) is 0 Å². The number of benzene rings is 1. The lowest BCUT2D eigenvalue weighted by molar-refractivity contribution is -0.140. The first kappa shape index (κ1) is 13.3. The Morgan fingerprint density at radius 2 is 1.71 bits per heavy atom. The summed E-state index contributed by atoms with van der Waals surface area (Å²) >= 11 is 0. The highest BCUT2D eigenvalue weighted by Crippen LogP contribution is 2.60. The summed E-state index contributed by atoms with van der Waals surface area (Å²) in [6.45, 7) is 1.92. The van der Waals surface area contributed by atoms with E-state index >= 15 is 0 Å². The molecule has 0 radical (unpaired) electrons. The van der Waals surface area contributed by atoms with Crippen LogP contribution in [0.2, 0.25) is 0 Å². The highest BCUT2D eigenvalue weighted by molar-refractivity contribution is 5.95. The largest absolute Gasteiger partial charge is 0.323 e. The highest BCUT2D eigenvalue weighted by atomic mass is 19.1. The van der Waals surface area contributed by atoms with Crippen LogP contribution in [0.1, 0.15) is 44.1 Å². The Labute approximate surface area is 125 Å². The SMILES string of the molecule is Cc1ccc(F)c(NC(=O)C23CC4CC(CC(C4)C2)C3)c1. The fraction of sp³-hybridized carbons (Fsp3) is 0.611. The van der Waals surface area contributed by atoms with Crippen LogP contribution < -0.4 is 5.32 Å². The highest BCUT2D eigenvalue weighted by Gasteiger charge is 2.54. The van der Waals surface area contributed by atoms with Crippen molar-refractivity contribution in [2.45, 2.75) is 45.4 Å². The Hall–Kier alpha value is -1.38. The maximum atomic E-state index is 13.9. The third-order valence-electron chi connectivity index (χ3n) is 5.89. The number of amides is 1. The standard InChI is InChI=1S/C18H22FNO/c1-11-2-3-15(19)16(4-11)20-17(21)18-8-12-5-13(9-18)7-14(6-12)10-18/h2-4,12-14H,5-10H2,1H3,(H,20,21). The van der Waals surface area contributed by atoms with Gasteiger partial charge in [0.15, 0.2) is 0 Å². The second-order valence-corrected chi connectivity index (χ2v) is 7.64. The molecule has 4 saturated carbocycles. The molecule has 3 heteroatoms. The number of hydrogen-bond donors (Lipinski definition) is 1. The van der Waals surface area contributed by atoms with E-state index in [9.17, 15) is 9.18 Å². The van der Waals surface area contributed by atoms with Gasteiger partial charge in [0.2, 0.25) is 5.91 Å². The minimum absolute atomic E-state index is 0.0612. The van der Waals surface area contributed by atoms with E-state index in [1.807, 2.05) is 6.92 Å². The van der Waals surface area contributed by atoms with Crippen molar-refractivity contribution in [2.24, 2.45) is 23.2 Å². The van der Waals surface area contributed by atoms with Crippen LogP contribution >= 0.6 is 0 Å². The summed E-state index contributed by atoms with van der Waals surface area (Å²) in [5.41, 5.74) is 1.10. The van der Waals surface area contributed by atoms with Crippen LogP contribution in [-0.2, 0) is 4.79 Å². The first-order chi connectivity index (χ1) is 10.0. The number of hydrogen-bond acceptors (Lipinski definition) is 1. The zero-order valence-corrected chi connectivity index (χ0v) is 12.5. The molecule has 1 aromatic carbocycles. The van der Waals surface area contributed by atoms with Crippen LogP contribution in [-0.4, -0.2) is 5.91 Å². The number of halogens is 1. The second-order valence-electron chi connectivity index (χ2n) is 7.64. The summed E-state index contributed by atoms with van der Waals surface area (Å²) in [7, 11) is 0. The summed E-state index contributed by atoms with van der Waals surface area (Å²) in [6.07, 6.45) is 6.97. The second kappa shape index (κ2) is 4.56. The Bertz CT molecular complexity index is 560. The topological polar surface area (TPSA) is 29.1 Å². The van der Waals surface area contributed by atoms with E-state index in [0.29, 0.717) is 5.69 Å². The van der Waals surface area contributed by atoms with Crippen LogP contribution in [0, 0.1) is 35.9 Å². The van der Waals surface area contributed by atoms with Gasteiger partial charge in [0.05, 0.1) is 11.1 Å². The lowest BCUT2D eigenvalue weighted by atomic mass is 9.49. The fourth-order valence-electron chi connectivity index (χ4n) is 5.38. The molecule has 4 fully saturated rings. The summed E-state index contributed by atoms with van der Waals surface area (Å²) in [4.78, 5) is 12.9. The van der Waals surface area contributed by atoms with Crippen molar-refractivity contribution in [1.82, 2.24) is 0 Å². The molecule has 0 unspecified atom stereocenters. The number of anilines is 1. The lowest BCUT2D eigenvalue weighted by Gasteiger charge is -2.55. The molecule has 1 aromatic rings. The molecule has 0 aromatic heterocycles. The van der Waals surface area contributed by atoms with Gasteiger partial charge in [-0.05, 0) is 80.9 Å². The molecule has 21 heavy (non-hydrogen) atoms. The molecule has 4 bridgehead atoms. The minimum atomic E-state index is -0.335. The fourth-order valence-corrected chi connectivity index (χ4v) is 5.38. The quantitative estimate of drug-likeness (QED) is 0.863. The van der Waals surface area contributed by atoms with Crippen molar-refractivity contribution in [3.63, 3.8) is 0 Å². The Morgan fingerprint density at radius 1 is 1.14 bits per heavy atom. The number of aryl methyl sites for hydroxylation is 1. The van der Waals surface area contributed by atoms with E-state index in [1.165, 1.54) is 25.3 Å². The Morgan fingerprint density at radius 3 is 2.29 bits per heavy atom. The van der Waals surface area contributed by atoms with Gasteiger partial charge in [-0.25, -0.2) is 4.39 Å². The maximum Gasteiger partial charge on any atom is 0.230 e. The van der Waals surface area contributed by atoms with E-state index in [1.54, 1.807) is 12.1 Å². The molecular formula is C18H22FNO. The summed E-state index contributed by atoms with van der Waals surface area (Å²) in [6, 6.07) is 4.90. The van der Waals surface area contributed by atoms with Gasteiger partial charge in [-0.2, -0.15) is 0 Å². The van der Waals surface area contributed by atoms with Gasteiger partial charge in [-0.1, -0.05) is 6.07 Å². The third-order valence-corrected chi connectivity index (χ3v) is 5.89. The average molecular weight is 287 g/mol. The van der Waals surface area contributed by atoms with Crippen molar-refractivity contribution >= 4 is 11.6 Å². The van der Waals surface area contributed by atoms with E-state index in [2.05, 4.69) is 5.32 Å². The first-order valence-corrected chi connectivity index (χ1v) is 8.12. The molecule has 2 nitrogen and oxygen atoms in total. The van der Waals surface area contributed by atoms with Crippen molar-refractivity contribution in [3.8, 4) is 0 Å². The molecule has 0 aliphatic heterocycles. The van der Waals surface area contributed by atoms with Gasteiger partial charge in [0.25, 0.3) is 0 Å². The summed E-state index contributed by atoms with van der Waals surface area (Å²) in [5, 5.41) is 2.89. The lowest BCUT2D eigenvalue weighted by Crippen LogP contribution is -2.51. The van der Waals surface area contributed by atoms with Gasteiger partial charge < -0.3 is 5.32 Å². The van der Waals surface area contributed by atoms with Crippen LogP contribution in [0.4, 0.5) is 10.1 Å². The Balaban J connectivity index is 1.59. The smallest absolute Gasteiger partial charge is 0.230 e. The van der Waals surface area contributed by atoms with Gasteiger partial charge in [0.1, 0.15) is 5.82 Å². The molecule has 1 N–H and O–H groups in total. The molecular weight excluding hydrogens is 265 g/mol.